The van der Waals surface area contributed by atoms with Crippen LogP contribution in [0, 0.1) is 0 Å². The molecule has 1 aromatic rings. The van der Waals surface area contributed by atoms with Gasteiger partial charge in [-0.1, -0.05) is 6.07 Å². The van der Waals surface area contributed by atoms with Gasteiger partial charge in [0.25, 0.3) is 0 Å². The first kappa shape index (κ1) is 13.2. The summed E-state index contributed by atoms with van der Waals surface area (Å²) in [5, 5.41) is 9.65. The molecule has 0 aromatic heterocycles. The first-order valence-corrected chi connectivity index (χ1v) is 6.59. The van der Waals surface area contributed by atoms with E-state index < -0.39 is 0 Å². The van der Waals surface area contributed by atoms with Gasteiger partial charge in [0.1, 0.15) is 0 Å². The van der Waals surface area contributed by atoms with Crippen LogP contribution in [-0.4, -0.2) is 29.2 Å². The van der Waals surface area contributed by atoms with Crippen LogP contribution in [0.3, 0.4) is 0 Å². The Kier molecular flexibility index (Phi) is 3.53. The summed E-state index contributed by atoms with van der Waals surface area (Å²) in [6, 6.07) is 5.98. The highest BCUT2D eigenvalue weighted by Crippen LogP contribution is 2.38. The van der Waals surface area contributed by atoms with Gasteiger partial charge in [0, 0.05) is 11.6 Å². The fraction of sp³-hybridized carbons (Fsp3) is 0.600. The van der Waals surface area contributed by atoms with Crippen molar-refractivity contribution in [3.8, 4) is 11.5 Å². The van der Waals surface area contributed by atoms with E-state index in [-0.39, 0.29) is 11.3 Å². The number of likely N-dealkylation sites (tertiary alicyclic amines) is 1. The molecular weight excluding hydrogens is 226 g/mol. The van der Waals surface area contributed by atoms with Crippen LogP contribution in [0.5, 0.6) is 11.5 Å². The van der Waals surface area contributed by atoms with Crippen molar-refractivity contribution in [1.82, 2.24) is 4.90 Å². The third kappa shape index (κ3) is 2.32. The molecular formula is C15H23NO2. The average molecular weight is 249 g/mol. The number of nitrogens with zero attached hydrogens (tertiary/aromatic N) is 1. The molecule has 1 unspecified atom stereocenters. The Morgan fingerprint density at radius 1 is 1.39 bits per heavy atom. The largest absolute Gasteiger partial charge is 0.504 e. The molecule has 0 radical (unpaired) electrons. The van der Waals surface area contributed by atoms with Gasteiger partial charge in [-0.25, -0.2) is 0 Å². The van der Waals surface area contributed by atoms with Crippen molar-refractivity contribution in [3.63, 3.8) is 0 Å². The molecule has 1 aliphatic rings. The van der Waals surface area contributed by atoms with Gasteiger partial charge < -0.3 is 9.84 Å². The zero-order valence-electron chi connectivity index (χ0n) is 11.7. The molecule has 1 saturated heterocycles. The Morgan fingerprint density at radius 3 is 2.67 bits per heavy atom. The second kappa shape index (κ2) is 4.81. The second-order valence-electron chi connectivity index (χ2n) is 5.72. The number of hydrogen-bond donors (Lipinski definition) is 1. The molecule has 3 nitrogen and oxygen atoms in total. The lowest BCUT2D eigenvalue weighted by molar-refractivity contribution is 0.125. The second-order valence-corrected chi connectivity index (χ2v) is 5.72. The standard InChI is InChI=1S/C15H23NO2/c1-11(16-9-5-8-15(16,2)3)12-6-7-13(17)14(10-12)18-4/h6-7,10-11,17H,5,8-9H2,1-4H3. The number of methoxy groups -OCH3 is 1. The van der Waals surface area contributed by atoms with Crippen LogP contribution in [0.2, 0.25) is 0 Å². The maximum Gasteiger partial charge on any atom is 0.160 e. The Balaban J connectivity index is 2.26. The smallest absolute Gasteiger partial charge is 0.160 e. The molecule has 0 bridgehead atoms. The predicted molar refractivity (Wildman–Crippen MR) is 73.1 cm³/mol. The number of ether oxygens (including phenoxy) is 1. The van der Waals surface area contributed by atoms with E-state index in [9.17, 15) is 5.11 Å². The van der Waals surface area contributed by atoms with Gasteiger partial charge in [-0.05, 0) is 57.9 Å². The maximum atomic E-state index is 9.65. The maximum absolute atomic E-state index is 9.65. The molecule has 1 aromatic carbocycles. The van der Waals surface area contributed by atoms with Crippen molar-refractivity contribution >= 4 is 0 Å². The van der Waals surface area contributed by atoms with Crippen LogP contribution in [0.1, 0.15) is 45.2 Å². The number of hydrogen-bond acceptors (Lipinski definition) is 3. The van der Waals surface area contributed by atoms with Crippen molar-refractivity contribution < 1.29 is 9.84 Å². The van der Waals surface area contributed by atoms with Crippen LogP contribution in [0.25, 0.3) is 0 Å². The van der Waals surface area contributed by atoms with Crippen LogP contribution >= 0.6 is 0 Å². The first-order chi connectivity index (χ1) is 8.45. The van der Waals surface area contributed by atoms with E-state index in [0.717, 1.165) is 6.54 Å². The van der Waals surface area contributed by atoms with Gasteiger partial charge in [0.15, 0.2) is 11.5 Å². The zero-order chi connectivity index (χ0) is 13.3. The number of rotatable bonds is 3. The number of benzene rings is 1. The van der Waals surface area contributed by atoms with Crippen LogP contribution in [0.4, 0.5) is 0 Å². The lowest BCUT2D eigenvalue weighted by Gasteiger charge is -2.37. The molecule has 0 aliphatic carbocycles. The molecule has 1 N–H and O–H groups in total. The summed E-state index contributed by atoms with van der Waals surface area (Å²) in [5.41, 5.74) is 1.45. The molecule has 2 rings (SSSR count). The van der Waals surface area contributed by atoms with Crippen LogP contribution < -0.4 is 4.74 Å². The number of phenolic OH excluding ortho intramolecular Hbond substituents is 1. The van der Waals surface area contributed by atoms with Gasteiger partial charge in [-0.15, -0.1) is 0 Å². The van der Waals surface area contributed by atoms with E-state index in [4.69, 9.17) is 4.74 Å². The van der Waals surface area contributed by atoms with E-state index in [1.54, 1.807) is 13.2 Å². The average Bonchev–Trinajstić information content (AvgIpc) is 2.68. The van der Waals surface area contributed by atoms with E-state index in [1.165, 1.54) is 18.4 Å². The minimum Gasteiger partial charge on any atom is -0.504 e. The third-order valence-electron chi connectivity index (χ3n) is 4.12. The minimum atomic E-state index is 0.203. The molecule has 0 spiro atoms. The summed E-state index contributed by atoms with van der Waals surface area (Å²) in [5.74, 6) is 0.755. The van der Waals surface area contributed by atoms with E-state index in [0.29, 0.717) is 11.8 Å². The highest BCUT2D eigenvalue weighted by atomic mass is 16.5. The highest BCUT2D eigenvalue weighted by molar-refractivity contribution is 5.42. The van der Waals surface area contributed by atoms with Crippen molar-refractivity contribution in [3.05, 3.63) is 23.8 Å². The monoisotopic (exact) mass is 249 g/mol. The van der Waals surface area contributed by atoms with Gasteiger partial charge >= 0.3 is 0 Å². The quantitative estimate of drug-likeness (QED) is 0.891. The summed E-state index contributed by atoms with van der Waals surface area (Å²) >= 11 is 0. The Labute approximate surface area is 109 Å². The Bertz CT molecular complexity index is 429. The van der Waals surface area contributed by atoms with Crippen molar-refractivity contribution in [2.45, 2.75) is 45.2 Å². The van der Waals surface area contributed by atoms with Crippen LogP contribution in [-0.2, 0) is 0 Å². The van der Waals surface area contributed by atoms with E-state index >= 15 is 0 Å². The normalized spacial score (nSPS) is 20.9. The van der Waals surface area contributed by atoms with Gasteiger partial charge in [0.05, 0.1) is 7.11 Å². The molecule has 0 amide bonds. The molecule has 1 aliphatic heterocycles. The molecule has 0 saturated carbocycles. The van der Waals surface area contributed by atoms with Crippen molar-refractivity contribution in [2.24, 2.45) is 0 Å². The minimum absolute atomic E-state index is 0.203. The number of aromatic hydroxyl groups is 1. The van der Waals surface area contributed by atoms with Gasteiger partial charge in [0.2, 0.25) is 0 Å². The summed E-state index contributed by atoms with van der Waals surface area (Å²) in [4.78, 5) is 2.53. The molecule has 3 heteroatoms. The molecule has 1 fully saturated rings. The Morgan fingerprint density at radius 2 is 2.11 bits per heavy atom. The van der Waals surface area contributed by atoms with Crippen molar-refractivity contribution in [1.29, 1.82) is 0 Å². The lowest BCUT2D eigenvalue weighted by Crippen LogP contribution is -2.39. The topological polar surface area (TPSA) is 32.7 Å². The third-order valence-corrected chi connectivity index (χ3v) is 4.12. The summed E-state index contributed by atoms with van der Waals surface area (Å²) < 4.78 is 5.18. The summed E-state index contributed by atoms with van der Waals surface area (Å²) in [7, 11) is 1.59. The summed E-state index contributed by atoms with van der Waals surface area (Å²) in [6.07, 6.45) is 2.50. The molecule has 1 atom stereocenters. The fourth-order valence-electron chi connectivity index (χ4n) is 2.98. The Hall–Kier alpha value is -1.22. The molecule has 100 valence electrons. The van der Waals surface area contributed by atoms with E-state index in [1.807, 2.05) is 12.1 Å². The lowest BCUT2D eigenvalue weighted by atomic mass is 9.98. The predicted octanol–water partition coefficient (Wildman–Crippen LogP) is 3.34. The SMILES string of the molecule is COc1cc(C(C)N2CCCC2(C)C)ccc1O. The van der Waals surface area contributed by atoms with Gasteiger partial charge in [-0.2, -0.15) is 0 Å². The summed E-state index contributed by atoms with van der Waals surface area (Å²) in [6.45, 7) is 7.96. The molecule has 1 heterocycles. The zero-order valence-corrected chi connectivity index (χ0v) is 11.7. The van der Waals surface area contributed by atoms with Gasteiger partial charge in [-0.3, -0.25) is 4.90 Å². The first-order valence-electron chi connectivity index (χ1n) is 6.59. The van der Waals surface area contributed by atoms with Crippen LogP contribution in [0.15, 0.2) is 18.2 Å². The fourth-order valence-corrected chi connectivity index (χ4v) is 2.98. The number of phenols is 1. The van der Waals surface area contributed by atoms with Crippen molar-refractivity contribution in [2.75, 3.05) is 13.7 Å². The highest BCUT2D eigenvalue weighted by Gasteiger charge is 2.35. The van der Waals surface area contributed by atoms with E-state index in [2.05, 4.69) is 25.7 Å². The molecule has 18 heavy (non-hydrogen) atoms.